The van der Waals surface area contributed by atoms with Crippen LogP contribution in [0.2, 0.25) is 0 Å². The number of methoxy groups -OCH3 is 1. The van der Waals surface area contributed by atoms with Gasteiger partial charge < -0.3 is 4.74 Å². The maximum Gasteiger partial charge on any atom is 0.138 e. The molecule has 0 N–H and O–H groups in total. The van der Waals surface area contributed by atoms with Crippen LogP contribution < -0.4 is 0 Å². The largest absolute Gasteiger partial charge is 0.377 e. The Morgan fingerprint density at radius 1 is 1.12 bits per heavy atom. The highest BCUT2D eigenvalue weighted by Gasteiger charge is 2.65. The number of hydrogen-bond acceptors (Lipinski definition) is 2. The fourth-order valence-electron chi connectivity index (χ4n) is 9.60. The van der Waals surface area contributed by atoms with Gasteiger partial charge >= 0.3 is 0 Å². The van der Waals surface area contributed by atoms with Crippen LogP contribution in [-0.4, -0.2) is 19.0 Å². The summed E-state index contributed by atoms with van der Waals surface area (Å²) in [7, 11) is 1.86. The lowest BCUT2D eigenvalue weighted by Gasteiger charge is -2.63. The third kappa shape index (κ3) is 3.64. The van der Waals surface area contributed by atoms with Gasteiger partial charge in [-0.1, -0.05) is 64.8 Å². The summed E-state index contributed by atoms with van der Waals surface area (Å²) in [5.41, 5.74) is 3.89. The van der Waals surface area contributed by atoms with E-state index < -0.39 is 0 Å². The van der Waals surface area contributed by atoms with Crippen molar-refractivity contribution in [2.45, 2.75) is 113 Å². The van der Waals surface area contributed by atoms with Crippen LogP contribution in [0.4, 0.5) is 0 Å². The molecule has 0 bridgehead atoms. The maximum absolute atomic E-state index is 12.8. The molecule has 2 heteroatoms. The molecule has 3 fully saturated rings. The van der Waals surface area contributed by atoms with Crippen molar-refractivity contribution < 1.29 is 9.53 Å². The summed E-state index contributed by atoms with van der Waals surface area (Å²) in [6.45, 7) is 19.1. The Hall–Kier alpha value is -0.890. The first-order valence-corrected chi connectivity index (χ1v) is 13.7. The van der Waals surface area contributed by atoms with E-state index >= 15 is 0 Å². The molecule has 0 aromatic rings. The highest BCUT2D eigenvalue weighted by atomic mass is 16.5. The van der Waals surface area contributed by atoms with Crippen molar-refractivity contribution in [1.29, 1.82) is 0 Å². The molecule has 8 atom stereocenters. The number of carbonyl (C=O) groups excluding carboxylic acids is 1. The summed E-state index contributed by atoms with van der Waals surface area (Å²) in [6.07, 6.45) is 14.6. The van der Waals surface area contributed by atoms with Crippen LogP contribution in [0.15, 0.2) is 23.3 Å². The number of rotatable bonds is 5. The van der Waals surface area contributed by atoms with Gasteiger partial charge in [0, 0.05) is 18.9 Å². The Balaban J connectivity index is 1.63. The molecule has 33 heavy (non-hydrogen) atoms. The smallest absolute Gasteiger partial charge is 0.138 e. The third-order valence-electron chi connectivity index (χ3n) is 11.8. The fourth-order valence-corrected chi connectivity index (χ4v) is 9.60. The second kappa shape index (κ2) is 8.35. The number of fused-ring (bicyclic) bond motifs is 5. The molecular weight excluding hydrogens is 404 g/mol. The summed E-state index contributed by atoms with van der Waals surface area (Å²) >= 11 is 0. The number of ketones is 1. The average Bonchev–Trinajstić information content (AvgIpc) is 3.02. The Kier molecular flexibility index (Phi) is 6.38. The minimum Gasteiger partial charge on any atom is -0.377 e. The van der Waals surface area contributed by atoms with Gasteiger partial charge in [0.05, 0.1) is 6.10 Å². The van der Waals surface area contributed by atoms with E-state index in [0.717, 1.165) is 31.6 Å². The van der Waals surface area contributed by atoms with E-state index in [1.807, 2.05) is 7.11 Å². The van der Waals surface area contributed by atoms with Crippen molar-refractivity contribution in [3.05, 3.63) is 23.3 Å². The summed E-state index contributed by atoms with van der Waals surface area (Å²) in [4.78, 5) is 12.8. The lowest BCUT2D eigenvalue weighted by molar-refractivity contribution is -0.146. The standard InChI is InChI=1S/C31H50O2/c1-20(2)18-22(33-9)19-21(3)23-12-16-31(8)25-10-11-26-28(4,5)27(32)14-15-29(26,6)24(25)13-17-30(23,31)7/h10,18,21-24,26H,11-17,19H2,1-9H3/t21-,22+,23-,24+,26-,29+,30-,31+/m0/s1. The molecular formula is C31H50O2. The Morgan fingerprint density at radius 3 is 2.45 bits per heavy atom. The molecule has 0 saturated heterocycles. The van der Waals surface area contributed by atoms with Gasteiger partial charge in [-0.2, -0.15) is 0 Å². The first kappa shape index (κ1) is 25.2. The summed E-state index contributed by atoms with van der Waals surface area (Å²) in [5.74, 6) is 3.06. The highest BCUT2D eigenvalue weighted by Crippen LogP contribution is 2.73. The maximum atomic E-state index is 12.8. The van der Waals surface area contributed by atoms with Gasteiger partial charge in [-0.25, -0.2) is 0 Å². The number of allylic oxidation sites excluding steroid dienone is 3. The molecule has 4 aliphatic carbocycles. The Bertz CT molecular complexity index is 845. The van der Waals surface area contributed by atoms with Crippen molar-refractivity contribution in [2.75, 3.05) is 7.11 Å². The molecule has 0 aliphatic heterocycles. The minimum absolute atomic E-state index is 0.177. The summed E-state index contributed by atoms with van der Waals surface area (Å²) in [5, 5.41) is 0. The predicted octanol–water partition coefficient (Wildman–Crippen LogP) is 8.17. The van der Waals surface area contributed by atoms with Crippen molar-refractivity contribution >= 4 is 5.78 Å². The average molecular weight is 455 g/mol. The van der Waals surface area contributed by atoms with E-state index in [2.05, 4.69) is 67.5 Å². The molecule has 2 nitrogen and oxygen atoms in total. The van der Waals surface area contributed by atoms with Crippen molar-refractivity contribution in [3.63, 3.8) is 0 Å². The van der Waals surface area contributed by atoms with E-state index in [4.69, 9.17) is 4.74 Å². The Labute approximate surface area is 204 Å². The van der Waals surface area contributed by atoms with Gasteiger partial charge in [0.25, 0.3) is 0 Å². The molecule has 0 aromatic heterocycles. The molecule has 4 aliphatic rings. The molecule has 0 amide bonds. The van der Waals surface area contributed by atoms with Crippen LogP contribution in [-0.2, 0) is 9.53 Å². The van der Waals surface area contributed by atoms with Gasteiger partial charge in [-0.15, -0.1) is 0 Å². The minimum atomic E-state index is -0.177. The molecule has 0 heterocycles. The molecule has 4 rings (SSSR count). The lowest BCUT2D eigenvalue weighted by atomic mass is 9.41. The molecule has 186 valence electrons. The van der Waals surface area contributed by atoms with Crippen LogP contribution >= 0.6 is 0 Å². The van der Waals surface area contributed by atoms with Crippen molar-refractivity contribution in [1.82, 2.24) is 0 Å². The second-order valence-electron chi connectivity index (χ2n) is 13.8. The van der Waals surface area contributed by atoms with Gasteiger partial charge in [0.1, 0.15) is 5.78 Å². The molecule has 0 aromatic carbocycles. The van der Waals surface area contributed by atoms with Gasteiger partial charge in [-0.05, 0) is 98.7 Å². The topological polar surface area (TPSA) is 26.3 Å². The summed E-state index contributed by atoms with van der Waals surface area (Å²) < 4.78 is 5.86. The SMILES string of the molecule is CO[C@H](C=C(C)C)C[C@H](C)[C@@H]1CC[C@]2(C)C3=CC[C@H]4C(C)(C)C(=O)CC[C@]4(C)[C@@H]3CC[C@@]12C. The monoisotopic (exact) mass is 454 g/mol. The molecule has 3 saturated carbocycles. The van der Waals surface area contributed by atoms with Gasteiger partial charge in [0.2, 0.25) is 0 Å². The van der Waals surface area contributed by atoms with E-state index in [-0.39, 0.29) is 16.9 Å². The third-order valence-corrected chi connectivity index (χ3v) is 11.8. The second-order valence-corrected chi connectivity index (χ2v) is 13.8. The van der Waals surface area contributed by atoms with Crippen molar-refractivity contribution in [3.8, 4) is 0 Å². The van der Waals surface area contributed by atoms with Crippen molar-refractivity contribution in [2.24, 2.45) is 45.3 Å². The number of ether oxygens (including phenoxy) is 1. The lowest BCUT2D eigenvalue weighted by Crippen LogP contribution is -2.57. The highest BCUT2D eigenvalue weighted by molar-refractivity contribution is 5.85. The quantitative estimate of drug-likeness (QED) is 0.392. The van der Waals surface area contributed by atoms with Gasteiger partial charge in [-0.3, -0.25) is 4.79 Å². The predicted molar refractivity (Wildman–Crippen MR) is 138 cm³/mol. The molecule has 0 radical (unpaired) electrons. The van der Waals surface area contributed by atoms with Crippen LogP contribution in [0.25, 0.3) is 0 Å². The van der Waals surface area contributed by atoms with E-state index in [9.17, 15) is 4.79 Å². The Morgan fingerprint density at radius 2 is 1.82 bits per heavy atom. The van der Waals surface area contributed by atoms with E-state index in [1.165, 1.54) is 31.3 Å². The zero-order valence-electron chi connectivity index (χ0n) is 23.0. The number of Topliss-reactive ketones (excluding diaryl/α,β-unsaturated/α-hetero) is 1. The first-order valence-electron chi connectivity index (χ1n) is 13.7. The van der Waals surface area contributed by atoms with E-state index in [0.29, 0.717) is 34.4 Å². The molecule has 0 spiro atoms. The fraction of sp³-hybridized carbons (Fsp3) is 0.839. The summed E-state index contributed by atoms with van der Waals surface area (Å²) in [6, 6.07) is 0. The normalized spacial score (nSPS) is 43.6. The van der Waals surface area contributed by atoms with Crippen LogP contribution in [0, 0.1) is 45.3 Å². The zero-order chi connectivity index (χ0) is 24.4. The number of hydrogen-bond donors (Lipinski definition) is 0. The molecule has 0 unspecified atom stereocenters. The number of carbonyl (C=O) groups is 1. The van der Waals surface area contributed by atoms with Crippen LogP contribution in [0.1, 0.15) is 107 Å². The van der Waals surface area contributed by atoms with Crippen LogP contribution in [0.5, 0.6) is 0 Å². The zero-order valence-corrected chi connectivity index (χ0v) is 23.0. The van der Waals surface area contributed by atoms with Gasteiger partial charge in [0.15, 0.2) is 0 Å². The van der Waals surface area contributed by atoms with E-state index in [1.54, 1.807) is 5.57 Å². The van der Waals surface area contributed by atoms with Crippen LogP contribution in [0.3, 0.4) is 0 Å². The first-order chi connectivity index (χ1) is 15.3.